The molecule has 9 atom stereocenters. The van der Waals surface area contributed by atoms with E-state index in [4.69, 9.17) is 5.10 Å². The summed E-state index contributed by atoms with van der Waals surface area (Å²) in [5, 5.41) is 14.8. The zero-order valence-corrected chi connectivity index (χ0v) is 26.1. The number of halogens is 1. The summed E-state index contributed by atoms with van der Waals surface area (Å²) in [7, 11) is 0. The highest BCUT2D eigenvalue weighted by molar-refractivity contribution is 9.10. The first-order chi connectivity index (χ1) is 18.2. The van der Waals surface area contributed by atoms with Gasteiger partial charge >= 0.3 is 0 Å². The van der Waals surface area contributed by atoms with Gasteiger partial charge in [0, 0.05) is 22.9 Å². The Labute approximate surface area is 241 Å². The Morgan fingerprint density at radius 1 is 1.05 bits per heavy atom. The zero-order valence-electron chi connectivity index (χ0n) is 24.5. The third-order valence-electron chi connectivity index (χ3n) is 13.2. The predicted molar refractivity (Wildman–Crippen MR) is 154 cm³/mol. The number of allylic oxidation sites excluding steroid dienone is 4. The highest BCUT2D eigenvalue weighted by atomic mass is 79.9. The van der Waals surface area contributed by atoms with Crippen LogP contribution in [0, 0.1) is 62.6 Å². The second-order valence-electron chi connectivity index (χ2n) is 14.9. The van der Waals surface area contributed by atoms with Crippen molar-refractivity contribution in [2.45, 2.75) is 92.5 Å². The van der Waals surface area contributed by atoms with E-state index < -0.39 is 10.8 Å². The van der Waals surface area contributed by atoms with Crippen LogP contribution in [0.5, 0.6) is 0 Å². The Balaban J connectivity index is 1.55. The SMILES string of the molecule is C[C@@H]1[C@H]2[C@H]3C(=O)C=C4[C@@]5(C)C=C(C#N)C(=O)C(C)(C)[C@@H]5CC[C@@]4(C)[C@]3(C)CC[C@@]2(n2cc(Br)cn2)CC[C@H]1C. The van der Waals surface area contributed by atoms with Crippen LogP contribution in [0.3, 0.4) is 0 Å². The quantitative estimate of drug-likeness (QED) is 0.340. The normalized spacial score (nSPS) is 46.6. The summed E-state index contributed by atoms with van der Waals surface area (Å²) in [6.07, 6.45) is 14.0. The lowest BCUT2D eigenvalue weighted by molar-refractivity contribution is -0.174. The van der Waals surface area contributed by atoms with E-state index in [1.165, 1.54) is 0 Å². The summed E-state index contributed by atoms with van der Waals surface area (Å²) < 4.78 is 3.19. The third kappa shape index (κ3) is 3.20. The van der Waals surface area contributed by atoms with Crippen molar-refractivity contribution >= 4 is 27.5 Å². The molecule has 6 heteroatoms. The van der Waals surface area contributed by atoms with Crippen LogP contribution in [-0.4, -0.2) is 21.3 Å². The summed E-state index contributed by atoms with van der Waals surface area (Å²) in [5.74, 6) is 1.33. The highest BCUT2D eigenvalue weighted by Gasteiger charge is 2.70. The number of hydrogen-bond donors (Lipinski definition) is 0. The lowest BCUT2D eigenvalue weighted by Crippen LogP contribution is -2.67. The van der Waals surface area contributed by atoms with Gasteiger partial charge in [0.2, 0.25) is 0 Å². The number of carbonyl (C=O) groups is 2. The standard InChI is InChI=1S/C33H42BrN3O2/c1-19-8-11-33(37-18-22(34)17-36-37)13-12-32(7)27(26(33)20(19)2)23(38)14-25-30(5)15-21(16-35)28(39)29(3,4)24(30)9-10-31(25,32)6/h14-15,17-20,24,26-27H,8-13H2,1-7H3/t19-,20+,24+,26+,27-,30+,31-,32-,33+/m1/s1. The van der Waals surface area contributed by atoms with Crippen LogP contribution in [0.25, 0.3) is 0 Å². The van der Waals surface area contributed by atoms with Crippen LogP contribution < -0.4 is 0 Å². The Morgan fingerprint density at radius 3 is 2.41 bits per heavy atom. The molecule has 0 bridgehead atoms. The molecule has 1 heterocycles. The Hall–Kier alpha value is -2.00. The van der Waals surface area contributed by atoms with Gasteiger partial charge in [-0.05, 0) is 95.0 Å². The van der Waals surface area contributed by atoms with Gasteiger partial charge in [-0.1, -0.05) is 60.1 Å². The van der Waals surface area contributed by atoms with Crippen LogP contribution >= 0.6 is 15.9 Å². The maximum Gasteiger partial charge on any atom is 0.178 e. The first-order valence-corrected chi connectivity index (χ1v) is 15.6. The van der Waals surface area contributed by atoms with E-state index in [1.54, 1.807) is 0 Å². The van der Waals surface area contributed by atoms with Crippen LogP contribution in [0.15, 0.2) is 40.2 Å². The Bertz CT molecular complexity index is 1380. The highest BCUT2D eigenvalue weighted by Crippen LogP contribution is 2.74. The molecule has 6 rings (SSSR count). The molecule has 0 saturated heterocycles. The maximum atomic E-state index is 14.6. The Kier molecular flexibility index (Phi) is 5.77. The Morgan fingerprint density at radius 2 is 1.77 bits per heavy atom. The molecule has 0 radical (unpaired) electrons. The molecule has 0 spiro atoms. The van der Waals surface area contributed by atoms with E-state index in [1.807, 2.05) is 32.2 Å². The minimum atomic E-state index is -0.639. The van der Waals surface area contributed by atoms with Gasteiger partial charge < -0.3 is 0 Å². The van der Waals surface area contributed by atoms with Crippen LogP contribution in [-0.2, 0) is 15.1 Å². The first-order valence-electron chi connectivity index (χ1n) is 14.8. The average Bonchev–Trinajstić information content (AvgIpc) is 3.32. The molecule has 3 fully saturated rings. The smallest absolute Gasteiger partial charge is 0.178 e. The molecule has 5 aliphatic carbocycles. The van der Waals surface area contributed by atoms with Gasteiger partial charge in [0.1, 0.15) is 6.07 Å². The average molecular weight is 593 g/mol. The number of Topliss-reactive ketones (excluding diaryl/α,β-unsaturated/α-hetero) is 1. The molecule has 5 nitrogen and oxygen atoms in total. The number of nitriles is 1. The van der Waals surface area contributed by atoms with E-state index in [9.17, 15) is 14.9 Å². The molecular formula is C33H42BrN3O2. The number of carbonyl (C=O) groups excluding carboxylic acids is 2. The molecule has 0 unspecified atom stereocenters. The topological polar surface area (TPSA) is 75.8 Å². The largest absolute Gasteiger partial charge is 0.295 e. The fourth-order valence-electron chi connectivity index (χ4n) is 10.8. The van der Waals surface area contributed by atoms with E-state index in [0.29, 0.717) is 11.8 Å². The number of aromatic nitrogens is 2. The molecule has 5 aliphatic rings. The minimum Gasteiger partial charge on any atom is -0.295 e. The molecule has 0 aliphatic heterocycles. The number of fused-ring (bicyclic) bond motifs is 7. The van der Waals surface area contributed by atoms with Crippen molar-refractivity contribution in [2.75, 3.05) is 0 Å². The summed E-state index contributed by atoms with van der Waals surface area (Å²) in [6.45, 7) is 15.7. The van der Waals surface area contributed by atoms with Gasteiger partial charge in [0.15, 0.2) is 11.6 Å². The monoisotopic (exact) mass is 591 g/mol. The van der Waals surface area contributed by atoms with Crippen molar-refractivity contribution in [1.82, 2.24) is 9.78 Å². The molecule has 1 aromatic heterocycles. The summed E-state index contributed by atoms with van der Waals surface area (Å²) in [4.78, 5) is 27.9. The van der Waals surface area contributed by atoms with Crippen molar-refractivity contribution in [3.8, 4) is 6.07 Å². The molecule has 0 amide bonds. The van der Waals surface area contributed by atoms with Crippen molar-refractivity contribution in [3.63, 3.8) is 0 Å². The molecule has 0 aromatic carbocycles. The first kappa shape index (κ1) is 27.2. The fraction of sp³-hybridized carbons (Fsp3) is 0.697. The summed E-state index contributed by atoms with van der Waals surface area (Å²) in [6, 6.07) is 2.21. The van der Waals surface area contributed by atoms with E-state index in [0.717, 1.165) is 48.6 Å². The molecule has 1 aromatic rings. The van der Waals surface area contributed by atoms with E-state index in [-0.39, 0.29) is 51.3 Å². The minimum absolute atomic E-state index is 0.0549. The van der Waals surface area contributed by atoms with Gasteiger partial charge in [-0.2, -0.15) is 10.4 Å². The number of nitrogens with zero attached hydrogens (tertiary/aromatic N) is 3. The lowest BCUT2D eigenvalue weighted by Gasteiger charge is -2.69. The van der Waals surface area contributed by atoms with Crippen molar-refractivity contribution in [2.24, 2.45) is 51.2 Å². The van der Waals surface area contributed by atoms with Gasteiger partial charge in [-0.3, -0.25) is 14.3 Å². The van der Waals surface area contributed by atoms with Gasteiger partial charge in [0.05, 0.1) is 21.8 Å². The molecule has 3 saturated carbocycles. The second-order valence-corrected chi connectivity index (χ2v) is 15.8. The number of rotatable bonds is 1. The van der Waals surface area contributed by atoms with Crippen LogP contribution in [0.1, 0.15) is 87.0 Å². The third-order valence-corrected chi connectivity index (χ3v) is 13.6. The predicted octanol–water partition coefficient (Wildman–Crippen LogP) is 7.43. The van der Waals surface area contributed by atoms with Crippen LogP contribution in [0.4, 0.5) is 0 Å². The summed E-state index contributed by atoms with van der Waals surface area (Å²) in [5.41, 5.74) is -0.279. The molecular weight excluding hydrogens is 550 g/mol. The zero-order chi connectivity index (χ0) is 28.3. The maximum absolute atomic E-state index is 14.6. The van der Waals surface area contributed by atoms with Crippen molar-refractivity contribution in [3.05, 3.63) is 40.2 Å². The van der Waals surface area contributed by atoms with Crippen molar-refractivity contribution in [1.29, 1.82) is 5.26 Å². The lowest BCUT2D eigenvalue weighted by atomic mass is 9.34. The number of ketones is 2. The van der Waals surface area contributed by atoms with Gasteiger partial charge in [-0.25, -0.2) is 0 Å². The number of hydrogen-bond acceptors (Lipinski definition) is 4. The molecule has 39 heavy (non-hydrogen) atoms. The van der Waals surface area contributed by atoms with Gasteiger partial charge in [0.25, 0.3) is 0 Å². The summed E-state index contributed by atoms with van der Waals surface area (Å²) >= 11 is 3.63. The second kappa shape index (κ2) is 8.28. The molecule has 0 N–H and O–H groups in total. The van der Waals surface area contributed by atoms with E-state index >= 15 is 0 Å². The van der Waals surface area contributed by atoms with Crippen molar-refractivity contribution < 1.29 is 9.59 Å². The van der Waals surface area contributed by atoms with Crippen LogP contribution in [0.2, 0.25) is 0 Å². The van der Waals surface area contributed by atoms with Gasteiger partial charge in [-0.15, -0.1) is 0 Å². The molecule has 208 valence electrons. The van der Waals surface area contributed by atoms with E-state index in [2.05, 4.69) is 67.5 Å². The fourth-order valence-corrected chi connectivity index (χ4v) is 11.0.